The summed E-state index contributed by atoms with van der Waals surface area (Å²) in [6.45, 7) is 1.17. The molecule has 0 aliphatic heterocycles. The predicted octanol–water partition coefficient (Wildman–Crippen LogP) is 0.535. The molecule has 0 radical (unpaired) electrons. The second-order valence-electron chi connectivity index (χ2n) is 4.36. The van der Waals surface area contributed by atoms with Crippen LogP contribution in [0.15, 0.2) is 24.3 Å². The van der Waals surface area contributed by atoms with E-state index >= 15 is 0 Å². The number of nitrogens with zero attached hydrogens (tertiary/aromatic N) is 1. The quantitative estimate of drug-likeness (QED) is 0.650. The number of ether oxygens (including phenoxy) is 1. The van der Waals surface area contributed by atoms with Gasteiger partial charge in [-0.2, -0.15) is 0 Å². The summed E-state index contributed by atoms with van der Waals surface area (Å²) in [7, 11) is 1.54. The Labute approximate surface area is 123 Å². The Kier molecular flexibility index (Phi) is 7.20. The van der Waals surface area contributed by atoms with Gasteiger partial charge < -0.3 is 25.2 Å². The number of aromatic carboxylic acids is 1. The zero-order valence-electron chi connectivity index (χ0n) is 11.9. The molecule has 7 heteroatoms. The Morgan fingerprint density at radius 1 is 1.24 bits per heavy atom. The number of hydrogen-bond donors (Lipinski definition) is 3. The summed E-state index contributed by atoms with van der Waals surface area (Å²) in [4.78, 5) is 24.1. The van der Waals surface area contributed by atoms with E-state index in [2.05, 4.69) is 5.32 Å². The molecule has 1 rings (SSSR count). The van der Waals surface area contributed by atoms with Crippen LogP contribution in [0.3, 0.4) is 0 Å². The van der Waals surface area contributed by atoms with Gasteiger partial charge in [0.15, 0.2) is 0 Å². The second-order valence-corrected chi connectivity index (χ2v) is 4.36. The first kappa shape index (κ1) is 16.9. The summed E-state index contributed by atoms with van der Waals surface area (Å²) >= 11 is 0. The molecule has 1 aromatic rings. The van der Waals surface area contributed by atoms with Crippen LogP contribution in [0.1, 0.15) is 15.9 Å². The van der Waals surface area contributed by atoms with E-state index in [-0.39, 0.29) is 31.3 Å². The SMILES string of the molecule is COCCN(CCO)C(=O)NCc1ccc(C(=O)O)cc1. The molecule has 3 N–H and O–H groups in total. The fourth-order valence-corrected chi connectivity index (χ4v) is 1.69. The van der Waals surface area contributed by atoms with E-state index in [0.717, 1.165) is 5.56 Å². The van der Waals surface area contributed by atoms with Gasteiger partial charge >= 0.3 is 12.0 Å². The molecule has 0 saturated carbocycles. The molecule has 0 bridgehead atoms. The number of carboxylic acid groups (broad SMARTS) is 1. The number of amides is 2. The highest BCUT2D eigenvalue weighted by Crippen LogP contribution is 2.04. The summed E-state index contributed by atoms with van der Waals surface area (Å²) in [5.74, 6) is -0.987. The van der Waals surface area contributed by atoms with Crippen molar-refractivity contribution < 1.29 is 24.5 Å². The van der Waals surface area contributed by atoms with Crippen LogP contribution >= 0.6 is 0 Å². The number of methoxy groups -OCH3 is 1. The topological polar surface area (TPSA) is 99.1 Å². The molecule has 7 nitrogen and oxygen atoms in total. The first-order chi connectivity index (χ1) is 10.1. The van der Waals surface area contributed by atoms with Gasteiger partial charge in [0.2, 0.25) is 0 Å². The summed E-state index contributed by atoms with van der Waals surface area (Å²) in [5.41, 5.74) is 0.996. The molecule has 116 valence electrons. The van der Waals surface area contributed by atoms with E-state index < -0.39 is 5.97 Å². The van der Waals surface area contributed by atoms with Crippen molar-refractivity contribution in [1.82, 2.24) is 10.2 Å². The van der Waals surface area contributed by atoms with Crippen LogP contribution < -0.4 is 5.32 Å². The minimum absolute atomic E-state index is 0.121. The number of aliphatic hydroxyl groups excluding tert-OH is 1. The lowest BCUT2D eigenvalue weighted by Gasteiger charge is -2.21. The summed E-state index contributed by atoms with van der Waals surface area (Å²) < 4.78 is 4.91. The summed E-state index contributed by atoms with van der Waals surface area (Å²) in [6, 6.07) is 5.97. The average molecular weight is 296 g/mol. The monoisotopic (exact) mass is 296 g/mol. The molecule has 0 aromatic heterocycles. The van der Waals surface area contributed by atoms with Crippen molar-refractivity contribution in [2.45, 2.75) is 6.54 Å². The van der Waals surface area contributed by atoms with E-state index in [1.807, 2.05) is 0 Å². The van der Waals surface area contributed by atoms with Crippen LogP contribution in [-0.4, -0.2) is 60.5 Å². The minimum Gasteiger partial charge on any atom is -0.478 e. The molecule has 0 fully saturated rings. The fourth-order valence-electron chi connectivity index (χ4n) is 1.69. The van der Waals surface area contributed by atoms with Crippen molar-refractivity contribution in [3.8, 4) is 0 Å². The molecule has 0 spiro atoms. The van der Waals surface area contributed by atoms with Crippen LogP contribution in [0.2, 0.25) is 0 Å². The van der Waals surface area contributed by atoms with E-state index in [4.69, 9.17) is 14.9 Å². The summed E-state index contributed by atoms with van der Waals surface area (Å²) in [5, 5.41) is 20.4. The van der Waals surface area contributed by atoms with Crippen LogP contribution in [0.4, 0.5) is 4.79 Å². The Hall–Kier alpha value is -2.12. The molecule has 0 unspecified atom stereocenters. The summed E-state index contributed by atoms with van der Waals surface area (Å²) in [6.07, 6.45) is 0. The second kappa shape index (κ2) is 8.93. The highest BCUT2D eigenvalue weighted by molar-refractivity contribution is 5.87. The highest BCUT2D eigenvalue weighted by Gasteiger charge is 2.12. The van der Waals surface area contributed by atoms with Gasteiger partial charge in [0.25, 0.3) is 0 Å². The van der Waals surface area contributed by atoms with Crippen molar-refractivity contribution in [2.24, 2.45) is 0 Å². The molecule has 0 aliphatic carbocycles. The van der Waals surface area contributed by atoms with Gasteiger partial charge in [0, 0.05) is 26.7 Å². The third kappa shape index (κ3) is 5.80. The largest absolute Gasteiger partial charge is 0.478 e. The molecular weight excluding hydrogens is 276 g/mol. The van der Waals surface area contributed by atoms with Gasteiger partial charge in [-0.15, -0.1) is 0 Å². The highest BCUT2D eigenvalue weighted by atomic mass is 16.5. The van der Waals surface area contributed by atoms with E-state index in [9.17, 15) is 9.59 Å². The van der Waals surface area contributed by atoms with Crippen molar-refractivity contribution in [2.75, 3.05) is 33.4 Å². The first-order valence-corrected chi connectivity index (χ1v) is 6.53. The smallest absolute Gasteiger partial charge is 0.335 e. The lowest BCUT2D eigenvalue weighted by Crippen LogP contribution is -2.42. The van der Waals surface area contributed by atoms with Gasteiger partial charge in [-0.1, -0.05) is 12.1 Å². The third-order valence-electron chi connectivity index (χ3n) is 2.87. The number of carbonyl (C=O) groups excluding carboxylic acids is 1. The van der Waals surface area contributed by atoms with Gasteiger partial charge in [0.05, 0.1) is 18.8 Å². The number of rotatable bonds is 8. The van der Waals surface area contributed by atoms with Crippen molar-refractivity contribution >= 4 is 12.0 Å². The fraction of sp³-hybridized carbons (Fsp3) is 0.429. The number of hydrogen-bond acceptors (Lipinski definition) is 4. The maximum absolute atomic E-state index is 11.9. The average Bonchev–Trinajstić information content (AvgIpc) is 2.49. The Morgan fingerprint density at radius 3 is 2.43 bits per heavy atom. The number of benzene rings is 1. The number of aliphatic hydroxyl groups is 1. The molecule has 0 saturated heterocycles. The lowest BCUT2D eigenvalue weighted by molar-refractivity contribution is 0.0697. The normalized spacial score (nSPS) is 10.2. The molecule has 0 heterocycles. The van der Waals surface area contributed by atoms with Crippen molar-refractivity contribution in [3.63, 3.8) is 0 Å². The number of carboxylic acids is 1. The molecule has 2 amide bonds. The van der Waals surface area contributed by atoms with Crippen LogP contribution in [0.5, 0.6) is 0 Å². The van der Waals surface area contributed by atoms with Crippen molar-refractivity contribution in [3.05, 3.63) is 35.4 Å². The Morgan fingerprint density at radius 2 is 1.90 bits per heavy atom. The first-order valence-electron chi connectivity index (χ1n) is 6.53. The predicted molar refractivity (Wildman–Crippen MR) is 76.2 cm³/mol. The van der Waals surface area contributed by atoms with E-state index in [1.54, 1.807) is 19.2 Å². The number of nitrogens with one attached hydrogen (secondary N) is 1. The standard InChI is InChI=1S/C14H20N2O5/c1-21-9-7-16(6-8-17)14(20)15-10-11-2-4-12(5-3-11)13(18)19/h2-5,17H,6-10H2,1H3,(H,15,20)(H,18,19). The zero-order valence-corrected chi connectivity index (χ0v) is 11.9. The van der Waals surface area contributed by atoms with Crippen LogP contribution in [0, 0.1) is 0 Å². The van der Waals surface area contributed by atoms with Gasteiger partial charge in [-0.25, -0.2) is 9.59 Å². The molecule has 0 atom stereocenters. The number of urea groups is 1. The Bertz CT molecular complexity index is 461. The zero-order chi connectivity index (χ0) is 15.7. The maximum Gasteiger partial charge on any atom is 0.335 e. The maximum atomic E-state index is 11.9. The third-order valence-corrected chi connectivity index (χ3v) is 2.87. The van der Waals surface area contributed by atoms with Gasteiger partial charge in [-0.05, 0) is 17.7 Å². The molecule has 1 aromatic carbocycles. The molecular formula is C14H20N2O5. The number of carbonyl (C=O) groups is 2. The minimum atomic E-state index is -0.987. The van der Waals surface area contributed by atoms with Crippen molar-refractivity contribution in [1.29, 1.82) is 0 Å². The van der Waals surface area contributed by atoms with E-state index in [1.165, 1.54) is 17.0 Å². The van der Waals surface area contributed by atoms with E-state index in [0.29, 0.717) is 13.2 Å². The van der Waals surface area contributed by atoms with Gasteiger partial charge in [-0.3, -0.25) is 0 Å². The Balaban J connectivity index is 2.51. The molecule has 21 heavy (non-hydrogen) atoms. The van der Waals surface area contributed by atoms with Gasteiger partial charge in [0.1, 0.15) is 0 Å². The molecule has 0 aliphatic rings. The van der Waals surface area contributed by atoms with Crippen LogP contribution in [0.25, 0.3) is 0 Å². The van der Waals surface area contributed by atoms with Crippen LogP contribution in [-0.2, 0) is 11.3 Å². The lowest BCUT2D eigenvalue weighted by atomic mass is 10.1.